The number of ether oxygens (including phenoxy) is 1. The number of ketones is 1. The van der Waals surface area contributed by atoms with Crippen LogP contribution < -0.4 is 11.0 Å². The Labute approximate surface area is 115 Å². The molecule has 3 aliphatic rings. The van der Waals surface area contributed by atoms with Crippen LogP contribution in [0.15, 0.2) is 35.7 Å². The van der Waals surface area contributed by atoms with Gasteiger partial charge in [-0.15, -0.1) is 5.53 Å². The van der Waals surface area contributed by atoms with E-state index in [4.69, 9.17) is 4.74 Å². The molecule has 0 saturated carbocycles. The SMILES string of the molecule is O=C1CCC2(CO2)C2=C1NNN2Cc1ccc(F)cc1. The van der Waals surface area contributed by atoms with Crippen LogP contribution in [0.2, 0.25) is 0 Å². The second kappa shape index (κ2) is 4.04. The van der Waals surface area contributed by atoms with Crippen LogP contribution in [-0.4, -0.2) is 23.0 Å². The van der Waals surface area contributed by atoms with Crippen molar-refractivity contribution in [1.82, 2.24) is 16.0 Å². The Hall–Kier alpha value is -1.92. The molecular weight excluding hydrogens is 261 g/mol. The predicted molar refractivity (Wildman–Crippen MR) is 68.2 cm³/mol. The van der Waals surface area contributed by atoms with Crippen molar-refractivity contribution >= 4 is 5.78 Å². The van der Waals surface area contributed by atoms with Crippen molar-refractivity contribution < 1.29 is 13.9 Å². The Morgan fingerprint density at radius 2 is 2.10 bits per heavy atom. The highest BCUT2D eigenvalue weighted by molar-refractivity contribution is 5.97. The molecule has 6 heteroatoms. The second-order valence-electron chi connectivity index (χ2n) is 5.38. The minimum Gasteiger partial charge on any atom is -0.363 e. The lowest BCUT2D eigenvalue weighted by Gasteiger charge is -2.26. The van der Waals surface area contributed by atoms with Gasteiger partial charge in [0.25, 0.3) is 0 Å². The zero-order valence-electron chi connectivity index (χ0n) is 10.8. The number of halogens is 1. The molecule has 1 unspecified atom stereocenters. The summed E-state index contributed by atoms with van der Waals surface area (Å²) in [5.74, 6) is -0.147. The van der Waals surface area contributed by atoms with E-state index in [1.165, 1.54) is 12.1 Å². The predicted octanol–water partition coefficient (Wildman–Crippen LogP) is 0.994. The number of hydrogen-bond donors (Lipinski definition) is 2. The Bertz CT molecular complexity index is 607. The second-order valence-corrected chi connectivity index (χ2v) is 5.38. The normalized spacial score (nSPS) is 27.9. The van der Waals surface area contributed by atoms with E-state index >= 15 is 0 Å². The number of benzene rings is 1. The molecule has 1 aromatic rings. The van der Waals surface area contributed by atoms with Crippen molar-refractivity contribution in [3.05, 3.63) is 47.0 Å². The Kier molecular flexibility index (Phi) is 2.40. The molecular formula is C14H14FN3O2. The topological polar surface area (TPSA) is 56.9 Å². The zero-order valence-corrected chi connectivity index (χ0v) is 10.8. The van der Waals surface area contributed by atoms with Crippen LogP contribution in [0.5, 0.6) is 0 Å². The van der Waals surface area contributed by atoms with Gasteiger partial charge in [-0.1, -0.05) is 12.1 Å². The first-order chi connectivity index (χ1) is 9.68. The van der Waals surface area contributed by atoms with Gasteiger partial charge in [0.15, 0.2) is 5.78 Å². The number of carbonyl (C=O) groups excluding carboxylic acids is 1. The Morgan fingerprint density at radius 3 is 2.80 bits per heavy atom. The maximum atomic E-state index is 12.9. The summed E-state index contributed by atoms with van der Waals surface area (Å²) < 4.78 is 18.5. The van der Waals surface area contributed by atoms with Crippen LogP contribution in [0.4, 0.5) is 4.39 Å². The standard InChI is InChI=1S/C14H14FN3O2/c15-10-3-1-9(2-4-10)7-18-13-12(16-17-18)11(19)5-6-14(13)8-20-14/h1-4,16-17H,5-8H2. The number of hydrazine groups is 2. The molecule has 5 nitrogen and oxygen atoms in total. The number of epoxide rings is 1. The van der Waals surface area contributed by atoms with Gasteiger partial charge >= 0.3 is 0 Å². The third-order valence-corrected chi connectivity index (χ3v) is 4.04. The van der Waals surface area contributed by atoms with Gasteiger partial charge in [-0.05, 0) is 24.1 Å². The highest BCUT2D eigenvalue weighted by Gasteiger charge is 2.56. The average Bonchev–Trinajstić information content (AvgIpc) is 3.09. The summed E-state index contributed by atoms with van der Waals surface area (Å²) in [6, 6.07) is 6.34. The van der Waals surface area contributed by atoms with E-state index in [9.17, 15) is 9.18 Å². The van der Waals surface area contributed by atoms with Gasteiger partial charge in [0.2, 0.25) is 0 Å². The molecule has 0 bridgehead atoms. The Morgan fingerprint density at radius 1 is 1.35 bits per heavy atom. The van der Waals surface area contributed by atoms with Crippen LogP contribution in [0, 0.1) is 5.82 Å². The van der Waals surface area contributed by atoms with Gasteiger partial charge < -0.3 is 4.74 Å². The summed E-state index contributed by atoms with van der Waals surface area (Å²) in [5, 5.41) is 1.88. The summed E-state index contributed by atoms with van der Waals surface area (Å²) in [4.78, 5) is 11.9. The molecule has 0 radical (unpaired) electrons. The van der Waals surface area contributed by atoms with Crippen molar-refractivity contribution in [2.45, 2.75) is 25.0 Å². The summed E-state index contributed by atoms with van der Waals surface area (Å²) in [6.45, 7) is 1.20. The summed E-state index contributed by atoms with van der Waals surface area (Å²) in [6.07, 6.45) is 1.24. The number of hydrogen-bond acceptors (Lipinski definition) is 5. The first-order valence-corrected chi connectivity index (χ1v) is 6.63. The van der Waals surface area contributed by atoms with Gasteiger partial charge in [0.1, 0.15) is 17.1 Å². The van der Waals surface area contributed by atoms with Gasteiger partial charge in [-0.3, -0.25) is 15.2 Å². The number of fused-ring (bicyclic) bond motifs is 1. The number of nitrogens with one attached hydrogen (secondary N) is 2. The first kappa shape index (κ1) is 11.9. The van der Waals surface area contributed by atoms with E-state index in [1.54, 1.807) is 12.1 Å². The van der Waals surface area contributed by atoms with Gasteiger partial charge in [-0.2, -0.15) is 0 Å². The summed E-state index contributed by atoms with van der Waals surface area (Å²) in [5.41, 5.74) is 8.09. The fraction of sp³-hybridized carbons (Fsp3) is 0.357. The number of rotatable bonds is 2. The van der Waals surface area contributed by atoms with Crippen molar-refractivity contribution in [3.63, 3.8) is 0 Å². The van der Waals surface area contributed by atoms with E-state index in [0.717, 1.165) is 17.7 Å². The van der Waals surface area contributed by atoms with Crippen LogP contribution in [0.3, 0.4) is 0 Å². The van der Waals surface area contributed by atoms with E-state index in [2.05, 4.69) is 11.0 Å². The van der Waals surface area contributed by atoms with Crippen LogP contribution in [-0.2, 0) is 16.1 Å². The monoisotopic (exact) mass is 275 g/mol. The smallest absolute Gasteiger partial charge is 0.182 e. The van der Waals surface area contributed by atoms with Crippen molar-refractivity contribution in [3.8, 4) is 0 Å². The first-order valence-electron chi connectivity index (χ1n) is 6.63. The highest BCUT2D eigenvalue weighted by Crippen LogP contribution is 2.46. The third kappa shape index (κ3) is 1.72. The van der Waals surface area contributed by atoms with Gasteiger partial charge in [0.05, 0.1) is 18.8 Å². The van der Waals surface area contributed by atoms with E-state index in [0.29, 0.717) is 25.3 Å². The van der Waals surface area contributed by atoms with E-state index in [-0.39, 0.29) is 17.2 Å². The summed E-state index contributed by atoms with van der Waals surface area (Å²) in [7, 11) is 0. The fourth-order valence-electron chi connectivity index (χ4n) is 2.87. The molecule has 4 rings (SSSR count). The molecule has 1 aliphatic carbocycles. The molecule has 0 amide bonds. The molecule has 1 spiro atoms. The van der Waals surface area contributed by atoms with Crippen LogP contribution in [0.1, 0.15) is 18.4 Å². The number of Topliss-reactive ketones (excluding diaryl/α,β-unsaturated/α-hetero) is 1. The Balaban J connectivity index is 1.63. The quantitative estimate of drug-likeness (QED) is 0.788. The van der Waals surface area contributed by atoms with Crippen molar-refractivity contribution in [2.75, 3.05) is 6.61 Å². The highest BCUT2D eigenvalue weighted by atomic mass is 19.1. The molecule has 104 valence electrons. The van der Waals surface area contributed by atoms with E-state index in [1.807, 2.05) is 5.01 Å². The molecule has 2 N–H and O–H groups in total. The third-order valence-electron chi connectivity index (χ3n) is 4.04. The number of nitrogens with zero attached hydrogens (tertiary/aromatic N) is 1. The molecule has 1 aromatic carbocycles. The van der Waals surface area contributed by atoms with Crippen molar-refractivity contribution in [2.24, 2.45) is 0 Å². The lowest BCUT2D eigenvalue weighted by molar-refractivity contribution is -0.116. The van der Waals surface area contributed by atoms with Gasteiger partial charge in [-0.25, -0.2) is 4.39 Å². The molecule has 1 atom stereocenters. The number of carbonyl (C=O) groups is 1. The lowest BCUT2D eigenvalue weighted by atomic mass is 9.89. The lowest BCUT2D eigenvalue weighted by Crippen LogP contribution is -2.40. The van der Waals surface area contributed by atoms with E-state index < -0.39 is 0 Å². The maximum Gasteiger partial charge on any atom is 0.182 e. The molecule has 2 aliphatic heterocycles. The maximum absolute atomic E-state index is 12.9. The molecule has 0 aromatic heterocycles. The van der Waals surface area contributed by atoms with Crippen LogP contribution >= 0.6 is 0 Å². The molecule has 1 fully saturated rings. The van der Waals surface area contributed by atoms with Crippen molar-refractivity contribution in [1.29, 1.82) is 0 Å². The fourth-order valence-corrected chi connectivity index (χ4v) is 2.87. The van der Waals surface area contributed by atoms with Crippen LogP contribution in [0.25, 0.3) is 0 Å². The zero-order chi connectivity index (χ0) is 13.7. The minimum atomic E-state index is -0.306. The minimum absolute atomic E-state index is 0.107. The summed E-state index contributed by atoms with van der Waals surface area (Å²) >= 11 is 0. The van der Waals surface area contributed by atoms with Gasteiger partial charge in [0, 0.05) is 6.42 Å². The largest absolute Gasteiger partial charge is 0.363 e. The molecule has 20 heavy (non-hydrogen) atoms. The molecule has 1 saturated heterocycles. The number of allylic oxidation sites excluding steroid dienone is 1. The molecule has 2 heterocycles. The average molecular weight is 275 g/mol.